The van der Waals surface area contributed by atoms with Gasteiger partial charge >= 0.3 is 0 Å². The van der Waals surface area contributed by atoms with Crippen LogP contribution in [0.2, 0.25) is 0 Å². The smallest absolute Gasteiger partial charge is 0.213 e. The number of hydrogen-bond acceptors (Lipinski definition) is 4. The van der Waals surface area contributed by atoms with Crippen LogP contribution in [0, 0.1) is 0 Å². The summed E-state index contributed by atoms with van der Waals surface area (Å²) >= 11 is 0. The molecule has 0 unspecified atom stereocenters. The van der Waals surface area contributed by atoms with Gasteiger partial charge in [-0.05, 0) is 6.42 Å². The molecule has 0 spiro atoms. The van der Waals surface area contributed by atoms with E-state index in [1.165, 1.54) is 18.4 Å². The van der Waals surface area contributed by atoms with E-state index in [0.717, 1.165) is 0 Å². The average molecular weight is 232 g/mol. The summed E-state index contributed by atoms with van der Waals surface area (Å²) in [7, 11) is -0.0426. The van der Waals surface area contributed by atoms with Gasteiger partial charge in [-0.15, -0.1) is 0 Å². The molecule has 86 valence electrons. The number of nitrogens with zero attached hydrogens (tertiary/aromatic N) is 3. The second-order valence-corrected chi connectivity index (χ2v) is 5.79. The van der Waals surface area contributed by atoms with Gasteiger partial charge in [0, 0.05) is 26.8 Å². The minimum Gasteiger partial charge on any atom is -0.396 e. The van der Waals surface area contributed by atoms with Crippen molar-refractivity contribution < 1.29 is 8.42 Å². The van der Waals surface area contributed by atoms with Crippen molar-refractivity contribution in [2.45, 2.75) is 13.0 Å². The Balaban J connectivity index is 2.40. The fourth-order valence-corrected chi connectivity index (χ4v) is 1.95. The molecule has 1 aromatic rings. The molecule has 0 saturated heterocycles. The van der Waals surface area contributed by atoms with Gasteiger partial charge in [0.05, 0.1) is 17.6 Å². The van der Waals surface area contributed by atoms with E-state index in [4.69, 9.17) is 5.73 Å². The molecule has 0 aliphatic rings. The Morgan fingerprint density at radius 3 is 2.67 bits per heavy atom. The lowest BCUT2D eigenvalue weighted by Gasteiger charge is -2.10. The van der Waals surface area contributed by atoms with Crippen molar-refractivity contribution in [1.29, 1.82) is 0 Å². The predicted octanol–water partition coefficient (Wildman–Crippen LogP) is -0.253. The fraction of sp³-hybridized carbons (Fsp3) is 0.625. The minimum absolute atomic E-state index is 0.125. The quantitative estimate of drug-likeness (QED) is 0.759. The molecule has 6 nitrogen and oxygen atoms in total. The van der Waals surface area contributed by atoms with Crippen LogP contribution in [0.15, 0.2) is 12.4 Å². The molecule has 0 aliphatic heterocycles. The lowest BCUT2D eigenvalue weighted by atomic mass is 10.5. The zero-order valence-electron chi connectivity index (χ0n) is 8.92. The van der Waals surface area contributed by atoms with E-state index in [1.807, 2.05) is 0 Å². The van der Waals surface area contributed by atoms with Crippen molar-refractivity contribution in [3.63, 3.8) is 0 Å². The van der Waals surface area contributed by atoms with Gasteiger partial charge < -0.3 is 5.73 Å². The van der Waals surface area contributed by atoms with Crippen LogP contribution in [0.25, 0.3) is 0 Å². The summed E-state index contributed by atoms with van der Waals surface area (Å²) in [5, 5.41) is 3.96. The van der Waals surface area contributed by atoms with Gasteiger partial charge in [0.1, 0.15) is 0 Å². The van der Waals surface area contributed by atoms with Crippen LogP contribution in [0.4, 0.5) is 5.69 Å². The summed E-state index contributed by atoms with van der Waals surface area (Å²) in [5.41, 5.74) is 6.06. The van der Waals surface area contributed by atoms with Crippen LogP contribution in [-0.2, 0) is 16.6 Å². The third-order valence-electron chi connectivity index (χ3n) is 2.00. The van der Waals surface area contributed by atoms with Crippen molar-refractivity contribution in [3.05, 3.63) is 12.4 Å². The maximum absolute atomic E-state index is 11.4. The van der Waals surface area contributed by atoms with E-state index in [2.05, 4.69) is 5.10 Å². The summed E-state index contributed by atoms with van der Waals surface area (Å²) in [6, 6.07) is 0. The number of anilines is 1. The average Bonchev–Trinajstić information content (AvgIpc) is 2.51. The molecule has 0 amide bonds. The molecule has 15 heavy (non-hydrogen) atoms. The number of nitrogen functional groups attached to an aromatic ring is 1. The number of aryl methyl sites for hydroxylation is 1. The van der Waals surface area contributed by atoms with Crippen LogP contribution in [0.3, 0.4) is 0 Å². The zero-order valence-corrected chi connectivity index (χ0v) is 9.74. The Morgan fingerprint density at radius 1 is 1.53 bits per heavy atom. The highest BCUT2D eigenvalue weighted by Gasteiger charge is 2.12. The van der Waals surface area contributed by atoms with Crippen molar-refractivity contribution in [1.82, 2.24) is 14.1 Å². The van der Waals surface area contributed by atoms with Crippen molar-refractivity contribution in [2.75, 3.05) is 25.6 Å². The SMILES string of the molecule is CN(C)S(=O)(=O)CCCn1cc(N)cn1. The standard InChI is InChI=1S/C8H16N4O2S/c1-11(2)15(13,14)5-3-4-12-7-8(9)6-10-12/h6-7H,3-5,9H2,1-2H3. The lowest BCUT2D eigenvalue weighted by molar-refractivity contribution is 0.511. The van der Waals surface area contributed by atoms with Crippen LogP contribution in [-0.4, -0.2) is 42.4 Å². The predicted molar refractivity (Wildman–Crippen MR) is 58.7 cm³/mol. The van der Waals surface area contributed by atoms with Gasteiger partial charge in [0.2, 0.25) is 10.0 Å². The Bertz CT molecular complexity index is 410. The molecule has 0 aromatic carbocycles. The molecule has 0 atom stereocenters. The van der Waals surface area contributed by atoms with Crippen LogP contribution in [0.5, 0.6) is 0 Å². The lowest BCUT2D eigenvalue weighted by Crippen LogP contribution is -2.25. The first-order valence-electron chi connectivity index (χ1n) is 4.60. The van der Waals surface area contributed by atoms with E-state index >= 15 is 0 Å². The molecule has 2 N–H and O–H groups in total. The van der Waals surface area contributed by atoms with E-state index < -0.39 is 10.0 Å². The normalized spacial score (nSPS) is 12.2. The van der Waals surface area contributed by atoms with Gasteiger partial charge in [0.25, 0.3) is 0 Å². The molecule has 0 bridgehead atoms. The Hall–Kier alpha value is -1.08. The largest absolute Gasteiger partial charge is 0.396 e. The van der Waals surface area contributed by atoms with Crippen molar-refractivity contribution in [2.24, 2.45) is 0 Å². The number of nitrogens with two attached hydrogens (primary N) is 1. The highest BCUT2D eigenvalue weighted by Crippen LogP contribution is 2.02. The molecule has 0 saturated carbocycles. The Kier molecular flexibility index (Phi) is 3.70. The molecule has 1 aromatic heterocycles. The van der Waals surface area contributed by atoms with E-state index in [0.29, 0.717) is 18.7 Å². The summed E-state index contributed by atoms with van der Waals surface area (Å²) in [6.07, 6.45) is 3.75. The second kappa shape index (κ2) is 4.63. The summed E-state index contributed by atoms with van der Waals surface area (Å²) in [5.74, 6) is 0.125. The Labute approximate surface area is 89.7 Å². The minimum atomic E-state index is -3.10. The number of rotatable bonds is 5. The third kappa shape index (κ3) is 3.52. The summed E-state index contributed by atoms with van der Waals surface area (Å²) in [6.45, 7) is 0.560. The van der Waals surface area contributed by atoms with E-state index in [-0.39, 0.29) is 5.75 Å². The first kappa shape index (κ1) is 12.0. The summed E-state index contributed by atoms with van der Waals surface area (Å²) < 4.78 is 25.7. The van der Waals surface area contributed by atoms with Crippen LogP contribution in [0.1, 0.15) is 6.42 Å². The first-order valence-corrected chi connectivity index (χ1v) is 6.21. The highest BCUT2D eigenvalue weighted by molar-refractivity contribution is 7.89. The molecule has 0 fully saturated rings. The number of sulfonamides is 1. The van der Waals surface area contributed by atoms with Gasteiger partial charge in [-0.2, -0.15) is 5.10 Å². The van der Waals surface area contributed by atoms with Gasteiger partial charge in [-0.3, -0.25) is 4.68 Å². The first-order chi connectivity index (χ1) is 6.92. The van der Waals surface area contributed by atoms with E-state index in [1.54, 1.807) is 17.1 Å². The molecule has 7 heteroatoms. The maximum atomic E-state index is 11.4. The monoisotopic (exact) mass is 232 g/mol. The molecular weight excluding hydrogens is 216 g/mol. The van der Waals surface area contributed by atoms with Gasteiger partial charge in [-0.25, -0.2) is 12.7 Å². The van der Waals surface area contributed by atoms with Crippen molar-refractivity contribution >= 4 is 15.7 Å². The Morgan fingerprint density at radius 2 is 2.20 bits per heavy atom. The fourth-order valence-electron chi connectivity index (χ4n) is 1.09. The van der Waals surface area contributed by atoms with Crippen LogP contribution >= 0.6 is 0 Å². The second-order valence-electron chi connectivity index (χ2n) is 3.49. The molecule has 0 radical (unpaired) electrons. The van der Waals surface area contributed by atoms with E-state index in [9.17, 15) is 8.42 Å². The topological polar surface area (TPSA) is 81.2 Å². The highest BCUT2D eigenvalue weighted by atomic mass is 32.2. The van der Waals surface area contributed by atoms with Gasteiger partial charge in [0.15, 0.2) is 0 Å². The molecule has 0 aliphatic carbocycles. The maximum Gasteiger partial charge on any atom is 0.213 e. The van der Waals surface area contributed by atoms with Crippen LogP contribution < -0.4 is 5.73 Å². The molecular formula is C8H16N4O2S. The van der Waals surface area contributed by atoms with Crippen molar-refractivity contribution in [3.8, 4) is 0 Å². The number of aromatic nitrogens is 2. The number of hydrogen-bond donors (Lipinski definition) is 1. The van der Waals surface area contributed by atoms with Gasteiger partial charge in [-0.1, -0.05) is 0 Å². The zero-order chi connectivity index (χ0) is 11.5. The molecule has 1 heterocycles. The summed E-state index contributed by atoms with van der Waals surface area (Å²) in [4.78, 5) is 0. The molecule has 1 rings (SSSR count). The third-order valence-corrected chi connectivity index (χ3v) is 3.92.